The van der Waals surface area contributed by atoms with Crippen molar-refractivity contribution >= 4 is 0 Å². The first-order valence-corrected chi connectivity index (χ1v) is 9.88. The lowest BCUT2D eigenvalue weighted by molar-refractivity contribution is 0.324. The minimum atomic E-state index is -0.579. The number of nitrogens with two attached hydrogens (primary N) is 1. The maximum atomic E-state index is 13.6. The molecule has 0 saturated heterocycles. The maximum Gasteiger partial charge on any atom is 0.244 e. The highest BCUT2D eigenvalue weighted by Gasteiger charge is 2.36. The molecule has 0 amide bonds. The number of fused-ring (bicyclic) bond motifs is 1. The van der Waals surface area contributed by atoms with Crippen LogP contribution in [0.4, 0.5) is 4.39 Å². The number of nitrogens with one attached hydrogen (secondary N) is 1. The van der Waals surface area contributed by atoms with Gasteiger partial charge >= 0.3 is 0 Å². The van der Waals surface area contributed by atoms with Crippen LogP contribution >= 0.6 is 0 Å². The van der Waals surface area contributed by atoms with Crippen LogP contribution in [0, 0.1) is 17.1 Å². The molecule has 1 aliphatic heterocycles. The van der Waals surface area contributed by atoms with Gasteiger partial charge in [0.25, 0.3) is 0 Å². The molecule has 2 heterocycles. The normalized spacial score (nSPS) is 15.1. The van der Waals surface area contributed by atoms with E-state index in [4.69, 9.17) is 19.9 Å². The number of aromatic nitrogens is 2. The second-order valence-electron chi connectivity index (χ2n) is 6.82. The Morgan fingerprint density at radius 2 is 1.90 bits per heavy atom. The number of H-pyrrole nitrogens is 1. The van der Waals surface area contributed by atoms with Crippen molar-refractivity contribution in [2.24, 2.45) is 5.73 Å². The lowest BCUT2D eigenvalue weighted by Gasteiger charge is -2.24. The third kappa shape index (κ3) is 3.66. The summed E-state index contributed by atoms with van der Waals surface area (Å²) in [7, 11) is 0. The number of allylic oxidation sites excluding steroid dienone is 1. The van der Waals surface area contributed by atoms with Crippen LogP contribution in [0.2, 0.25) is 0 Å². The van der Waals surface area contributed by atoms with Gasteiger partial charge < -0.3 is 19.9 Å². The summed E-state index contributed by atoms with van der Waals surface area (Å²) in [5.41, 5.74) is 8.90. The fraction of sp³-hybridized carbons (Fsp3) is 0.217. The average Bonchev–Trinajstić information content (AvgIpc) is 3.17. The number of hydrogen-bond donors (Lipinski definition) is 2. The van der Waals surface area contributed by atoms with Crippen LogP contribution in [0.5, 0.6) is 17.4 Å². The number of ether oxygens (including phenoxy) is 3. The van der Waals surface area contributed by atoms with E-state index in [0.717, 1.165) is 5.56 Å². The molecule has 3 aromatic rings. The van der Waals surface area contributed by atoms with Crippen LogP contribution in [0.15, 0.2) is 53.9 Å². The summed E-state index contributed by atoms with van der Waals surface area (Å²) in [5.74, 6) is 0.555. The number of hydrogen-bond acceptors (Lipinski definition) is 6. The molecular formula is C23H21FN4O3. The molecule has 1 aromatic heterocycles. The number of rotatable bonds is 6. The van der Waals surface area contributed by atoms with Crippen molar-refractivity contribution < 1.29 is 18.6 Å². The molecule has 0 spiro atoms. The Bertz CT molecular complexity index is 1180. The van der Waals surface area contributed by atoms with Crippen LogP contribution in [0.3, 0.4) is 0 Å². The Hall–Kier alpha value is -3.99. The molecule has 0 bridgehead atoms. The van der Waals surface area contributed by atoms with Gasteiger partial charge in [0.05, 0.1) is 30.4 Å². The smallest absolute Gasteiger partial charge is 0.244 e. The second-order valence-corrected chi connectivity index (χ2v) is 6.82. The standard InChI is InChI=1S/C23H21FN4O3/c1-3-29-15-9-10-16(18(11-15)30-4-2)21-20-19(13-5-7-14(24)8-6-13)17(12-25)22(26)31-23(20)28-27-21/h5-11,19H,3-4,26H2,1-2H3,(H,27,28). The summed E-state index contributed by atoms with van der Waals surface area (Å²) >= 11 is 0. The molecule has 31 heavy (non-hydrogen) atoms. The van der Waals surface area contributed by atoms with Crippen molar-refractivity contribution in [3.8, 4) is 34.7 Å². The number of nitrogens with zero attached hydrogens (tertiary/aromatic N) is 2. The van der Waals surface area contributed by atoms with E-state index in [1.165, 1.54) is 12.1 Å². The first-order chi connectivity index (χ1) is 15.1. The summed E-state index contributed by atoms with van der Waals surface area (Å²) in [6.45, 7) is 4.78. The van der Waals surface area contributed by atoms with E-state index in [2.05, 4.69) is 16.3 Å². The maximum absolute atomic E-state index is 13.6. The number of aromatic amines is 1. The van der Waals surface area contributed by atoms with Crippen molar-refractivity contribution in [1.82, 2.24) is 10.2 Å². The number of nitriles is 1. The molecule has 0 fully saturated rings. The van der Waals surface area contributed by atoms with E-state index < -0.39 is 5.92 Å². The highest BCUT2D eigenvalue weighted by atomic mass is 19.1. The number of benzene rings is 2. The van der Waals surface area contributed by atoms with Gasteiger partial charge in [-0.3, -0.25) is 5.10 Å². The topological polar surface area (TPSA) is 106 Å². The Morgan fingerprint density at radius 3 is 2.58 bits per heavy atom. The summed E-state index contributed by atoms with van der Waals surface area (Å²) in [5, 5.41) is 17.1. The Morgan fingerprint density at radius 1 is 1.16 bits per heavy atom. The Balaban J connectivity index is 1.91. The monoisotopic (exact) mass is 420 g/mol. The molecule has 1 unspecified atom stereocenters. The molecule has 8 heteroatoms. The molecule has 0 saturated carbocycles. The van der Waals surface area contributed by atoms with Gasteiger partial charge in [0.2, 0.25) is 11.8 Å². The molecule has 3 N–H and O–H groups in total. The van der Waals surface area contributed by atoms with E-state index in [0.29, 0.717) is 41.5 Å². The van der Waals surface area contributed by atoms with Crippen molar-refractivity contribution in [2.45, 2.75) is 19.8 Å². The van der Waals surface area contributed by atoms with E-state index >= 15 is 0 Å². The van der Waals surface area contributed by atoms with E-state index in [-0.39, 0.29) is 23.2 Å². The van der Waals surface area contributed by atoms with E-state index in [1.54, 1.807) is 12.1 Å². The molecule has 0 radical (unpaired) electrons. The lowest BCUT2D eigenvalue weighted by Crippen LogP contribution is -2.21. The largest absolute Gasteiger partial charge is 0.494 e. The molecule has 7 nitrogen and oxygen atoms in total. The van der Waals surface area contributed by atoms with Crippen molar-refractivity contribution in [1.29, 1.82) is 5.26 Å². The van der Waals surface area contributed by atoms with Gasteiger partial charge in [0.1, 0.15) is 29.0 Å². The molecule has 1 aliphatic rings. The van der Waals surface area contributed by atoms with Crippen LogP contribution in [0.25, 0.3) is 11.3 Å². The quantitative estimate of drug-likeness (QED) is 0.618. The van der Waals surface area contributed by atoms with Gasteiger partial charge in [-0.25, -0.2) is 4.39 Å². The van der Waals surface area contributed by atoms with Gasteiger partial charge in [-0.1, -0.05) is 12.1 Å². The highest BCUT2D eigenvalue weighted by molar-refractivity contribution is 5.76. The third-order valence-electron chi connectivity index (χ3n) is 4.98. The second kappa shape index (κ2) is 8.40. The summed E-state index contributed by atoms with van der Waals surface area (Å²) in [6.07, 6.45) is 0. The van der Waals surface area contributed by atoms with Crippen molar-refractivity contribution in [3.05, 3.63) is 70.9 Å². The van der Waals surface area contributed by atoms with Gasteiger partial charge in [0, 0.05) is 11.6 Å². The van der Waals surface area contributed by atoms with Crippen molar-refractivity contribution in [3.63, 3.8) is 0 Å². The molecule has 1 atom stereocenters. The summed E-state index contributed by atoms with van der Waals surface area (Å²) in [4.78, 5) is 0. The van der Waals surface area contributed by atoms with E-state index in [1.807, 2.05) is 32.0 Å². The molecular weight excluding hydrogens is 399 g/mol. The summed E-state index contributed by atoms with van der Waals surface area (Å²) in [6, 6.07) is 13.6. The van der Waals surface area contributed by atoms with Crippen LogP contribution in [-0.4, -0.2) is 23.4 Å². The summed E-state index contributed by atoms with van der Waals surface area (Å²) < 4.78 is 30.6. The minimum Gasteiger partial charge on any atom is -0.494 e. The third-order valence-corrected chi connectivity index (χ3v) is 4.98. The predicted molar refractivity (Wildman–Crippen MR) is 112 cm³/mol. The average molecular weight is 420 g/mol. The van der Waals surface area contributed by atoms with Gasteiger partial charge in [-0.05, 0) is 43.7 Å². The molecule has 158 valence electrons. The fourth-order valence-electron chi connectivity index (χ4n) is 3.68. The SMILES string of the molecule is CCOc1ccc(-c2[nH]nc3c2C(c2ccc(F)cc2)C(C#N)=C(N)O3)c(OCC)c1. The van der Waals surface area contributed by atoms with Crippen LogP contribution in [0.1, 0.15) is 30.9 Å². The lowest BCUT2D eigenvalue weighted by atomic mass is 9.83. The first kappa shape index (κ1) is 20.3. The first-order valence-electron chi connectivity index (χ1n) is 9.88. The van der Waals surface area contributed by atoms with Crippen LogP contribution < -0.4 is 19.9 Å². The van der Waals surface area contributed by atoms with Gasteiger partial charge in [-0.15, -0.1) is 5.10 Å². The fourth-order valence-corrected chi connectivity index (χ4v) is 3.68. The molecule has 4 rings (SSSR count). The zero-order valence-corrected chi connectivity index (χ0v) is 17.1. The van der Waals surface area contributed by atoms with Crippen molar-refractivity contribution in [2.75, 3.05) is 13.2 Å². The zero-order valence-electron chi connectivity index (χ0n) is 17.1. The van der Waals surface area contributed by atoms with Crippen LogP contribution in [-0.2, 0) is 0 Å². The Kier molecular flexibility index (Phi) is 5.50. The molecule has 2 aromatic carbocycles. The van der Waals surface area contributed by atoms with E-state index in [9.17, 15) is 9.65 Å². The zero-order chi connectivity index (χ0) is 22.0. The predicted octanol–water partition coefficient (Wildman–Crippen LogP) is 4.23. The Labute approximate surface area is 178 Å². The molecule has 0 aliphatic carbocycles. The van der Waals surface area contributed by atoms with Gasteiger partial charge in [-0.2, -0.15) is 5.26 Å². The highest BCUT2D eigenvalue weighted by Crippen LogP contribution is 2.47. The minimum absolute atomic E-state index is 0.0286. The number of halogens is 1. The van der Waals surface area contributed by atoms with Gasteiger partial charge in [0.15, 0.2) is 0 Å².